The van der Waals surface area contributed by atoms with Crippen molar-refractivity contribution in [1.82, 2.24) is 9.97 Å². The number of hydrogen-bond acceptors (Lipinski definition) is 4. The SMILES string of the molecule is Cc1cc(N2CCCC2)nc(Nc2cccc(Cl)c2C)n1. The highest BCUT2D eigenvalue weighted by Gasteiger charge is 2.15. The first-order valence-corrected chi connectivity index (χ1v) is 7.64. The Morgan fingerprint density at radius 3 is 2.67 bits per heavy atom. The Bertz CT molecular complexity index is 651. The average molecular weight is 303 g/mol. The first-order chi connectivity index (χ1) is 10.1. The van der Waals surface area contributed by atoms with Gasteiger partial charge in [-0.3, -0.25) is 0 Å². The molecule has 1 saturated heterocycles. The number of nitrogens with one attached hydrogen (secondary N) is 1. The Kier molecular flexibility index (Phi) is 3.97. The van der Waals surface area contributed by atoms with Crippen LogP contribution in [-0.4, -0.2) is 23.1 Å². The molecular formula is C16H19ClN4. The lowest BCUT2D eigenvalue weighted by Crippen LogP contribution is -2.19. The maximum atomic E-state index is 6.16. The Balaban J connectivity index is 1.89. The molecule has 1 aromatic carbocycles. The van der Waals surface area contributed by atoms with E-state index in [9.17, 15) is 0 Å². The Morgan fingerprint density at radius 1 is 1.14 bits per heavy atom. The van der Waals surface area contributed by atoms with E-state index in [4.69, 9.17) is 11.6 Å². The normalized spacial score (nSPS) is 14.5. The standard InChI is InChI=1S/C16H19ClN4/c1-11-10-15(21-8-3-4-9-21)20-16(18-11)19-14-7-5-6-13(17)12(14)2/h5-7,10H,3-4,8-9H2,1-2H3,(H,18,19,20). The molecule has 1 aromatic heterocycles. The van der Waals surface area contributed by atoms with Gasteiger partial charge in [-0.05, 0) is 44.4 Å². The van der Waals surface area contributed by atoms with Gasteiger partial charge in [0.05, 0.1) is 0 Å². The fourth-order valence-electron chi connectivity index (χ4n) is 2.58. The molecule has 5 heteroatoms. The molecule has 1 aliphatic heterocycles. The van der Waals surface area contributed by atoms with E-state index >= 15 is 0 Å². The second kappa shape index (κ2) is 5.90. The van der Waals surface area contributed by atoms with Crippen molar-refractivity contribution < 1.29 is 0 Å². The topological polar surface area (TPSA) is 41.1 Å². The third kappa shape index (κ3) is 3.10. The molecule has 0 saturated carbocycles. The summed E-state index contributed by atoms with van der Waals surface area (Å²) in [5.74, 6) is 1.63. The third-order valence-corrected chi connectivity index (χ3v) is 4.19. The highest BCUT2D eigenvalue weighted by molar-refractivity contribution is 6.31. The molecule has 110 valence electrons. The van der Waals surface area contributed by atoms with Crippen LogP contribution in [-0.2, 0) is 0 Å². The molecule has 0 spiro atoms. The molecule has 0 unspecified atom stereocenters. The molecule has 0 amide bonds. The fourth-order valence-corrected chi connectivity index (χ4v) is 2.75. The van der Waals surface area contributed by atoms with E-state index in [1.807, 2.05) is 38.1 Å². The third-order valence-electron chi connectivity index (χ3n) is 3.78. The van der Waals surface area contributed by atoms with Crippen molar-refractivity contribution in [3.05, 3.63) is 40.5 Å². The fraction of sp³-hybridized carbons (Fsp3) is 0.375. The summed E-state index contributed by atoms with van der Waals surface area (Å²) in [6, 6.07) is 7.84. The molecule has 0 radical (unpaired) electrons. The van der Waals surface area contributed by atoms with E-state index in [0.717, 1.165) is 40.9 Å². The lowest BCUT2D eigenvalue weighted by atomic mass is 10.2. The summed E-state index contributed by atoms with van der Waals surface area (Å²) in [6.07, 6.45) is 2.47. The van der Waals surface area contributed by atoms with Crippen LogP contribution < -0.4 is 10.2 Å². The smallest absolute Gasteiger partial charge is 0.229 e. The number of hydrogen-bond donors (Lipinski definition) is 1. The van der Waals surface area contributed by atoms with Crippen LogP contribution in [0.3, 0.4) is 0 Å². The summed E-state index contributed by atoms with van der Waals surface area (Å²) in [4.78, 5) is 11.4. The molecule has 21 heavy (non-hydrogen) atoms. The molecule has 1 fully saturated rings. The average Bonchev–Trinajstić information content (AvgIpc) is 2.97. The molecular weight excluding hydrogens is 284 g/mol. The number of anilines is 3. The number of rotatable bonds is 3. The van der Waals surface area contributed by atoms with Crippen LogP contribution in [0, 0.1) is 13.8 Å². The maximum absolute atomic E-state index is 6.16. The van der Waals surface area contributed by atoms with E-state index < -0.39 is 0 Å². The van der Waals surface area contributed by atoms with E-state index in [1.165, 1.54) is 12.8 Å². The van der Waals surface area contributed by atoms with Crippen molar-refractivity contribution in [3.8, 4) is 0 Å². The van der Waals surface area contributed by atoms with Crippen molar-refractivity contribution in [3.63, 3.8) is 0 Å². The predicted octanol–water partition coefficient (Wildman–Crippen LogP) is 4.09. The zero-order valence-electron chi connectivity index (χ0n) is 12.4. The molecule has 0 aliphatic carbocycles. The first kappa shape index (κ1) is 14.1. The molecule has 1 aliphatic rings. The van der Waals surface area contributed by atoms with E-state index in [1.54, 1.807) is 0 Å². The van der Waals surface area contributed by atoms with E-state index in [0.29, 0.717) is 5.95 Å². The molecule has 3 rings (SSSR count). The van der Waals surface area contributed by atoms with Gasteiger partial charge >= 0.3 is 0 Å². The Morgan fingerprint density at radius 2 is 1.90 bits per heavy atom. The van der Waals surface area contributed by atoms with Gasteiger partial charge in [0.1, 0.15) is 5.82 Å². The summed E-state index contributed by atoms with van der Waals surface area (Å²) in [5, 5.41) is 4.03. The minimum Gasteiger partial charge on any atom is -0.356 e. The minimum absolute atomic E-state index is 0.627. The number of nitrogens with zero attached hydrogens (tertiary/aromatic N) is 3. The van der Waals surface area contributed by atoms with Crippen molar-refractivity contribution in [1.29, 1.82) is 0 Å². The minimum atomic E-state index is 0.627. The lowest BCUT2D eigenvalue weighted by molar-refractivity contribution is 0.923. The monoisotopic (exact) mass is 302 g/mol. The molecule has 0 atom stereocenters. The van der Waals surface area contributed by atoms with Crippen LogP contribution in [0.15, 0.2) is 24.3 Å². The summed E-state index contributed by atoms with van der Waals surface area (Å²) in [5.41, 5.74) is 2.92. The summed E-state index contributed by atoms with van der Waals surface area (Å²) < 4.78 is 0. The second-order valence-electron chi connectivity index (χ2n) is 5.42. The number of benzene rings is 1. The van der Waals surface area contributed by atoms with Crippen LogP contribution >= 0.6 is 11.6 Å². The van der Waals surface area contributed by atoms with Gasteiger partial charge in [0.15, 0.2) is 0 Å². The van der Waals surface area contributed by atoms with Crippen molar-refractivity contribution >= 4 is 29.1 Å². The van der Waals surface area contributed by atoms with Gasteiger partial charge in [0.25, 0.3) is 0 Å². The van der Waals surface area contributed by atoms with Crippen LogP contribution in [0.5, 0.6) is 0 Å². The number of aryl methyl sites for hydroxylation is 1. The zero-order chi connectivity index (χ0) is 14.8. The second-order valence-corrected chi connectivity index (χ2v) is 5.83. The van der Waals surface area contributed by atoms with Gasteiger partial charge in [0, 0.05) is 35.6 Å². The number of halogens is 1. The predicted molar refractivity (Wildman–Crippen MR) is 87.7 cm³/mol. The molecule has 4 nitrogen and oxygen atoms in total. The van der Waals surface area contributed by atoms with Crippen molar-refractivity contribution in [2.45, 2.75) is 26.7 Å². The summed E-state index contributed by atoms with van der Waals surface area (Å²) in [7, 11) is 0. The van der Waals surface area contributed by atoms with Crippen LogP contribution in [0.2, 0.25) is 5.02 Å². The van der Waals surface area contributed by atoms with Gasteiger partial charge < -0.3 is 10.2 Å². The van der Waals surface area contributed by atoms with Crippen LogP contribution in [0.25, 0.3) is 0 Å². The Labute approximate surface area is 130 Å². The quantitative estimate of drug-likeness (QED) is 0.927. The molecule has 2 aromatic rings. The highest BCUT2D eigenvalue weighted by Crippen LogP contribution is 2.26. The van der Waals surface area contributed by atoms with Gasteiger partial charge in [-0.15, -0.1) is 0 Å². The maximum Gasteiger partial charge on any atom is 0.229 e. The molecule has 1 N–H and O–H groups in total. The molecule has 2 heterocycles. The van der Waals surface area contributed by atoms with E-state index in [2.05, 4.69) is 20.2 Å². The van der Waals surface area contributed by atoms with Crippen molar-refractivity contribution in [2.24, 2.45) is 0 Å². The van der Waals surface area contributed by atoms with Gasteiger partial charge in [-0.25, -0.2) is 4.98 Å². The summed E-state index contributed by atoms with van der Waals surface area (Å²) in [6.45, 7) is 6.14. The largest absolute Gasteiger partial charge is 0.356 e. The van der Waals surface area contributed by atoms with Crippen molar-refractivity contribution in [2.75, 3.05) is 23.3 Å². The van der Waals surface area contributed by atoms with E-state index in [-0.39, 0.29) is 0 Å². The number of aromatic nitrogens is 2. The van der Waals surface area contributed by atoms with Crippen LogP contribution in [0.1, 0.15) is 24.1 Å². The van der Waals surface area contributed by atoms with Gasteiger partial charge in [-0.1, -0.05) is 17.7 Å². The summed E-state index contributed by atoms with van der Waals surface area (Å²) >= 11 is 6.16. The van der Waals surface area contributed by atoms with Gasteiger partial charge in [0.2, 0.25) is 5.95 Å². The van der Waals surface area contributed by atoms with Gasteiger partial charge in [-0.2, -0.15) is 4.98 Å². The lowest BCUT2D eigenvalue weighted by Gasteiger charge is -2.18. The van der Waals surface area contributed by atoms with Crippen LogP contribution in [0.4, 0.5) is 17.5 Å². The first-order valence-electron chi connectivity index (χ1n) is 7.26. The molecule has 0 bridgehead atoms. The zero-order valence-corrected chi connectivity index (χ0v) is 13.1. The Hall–Kier alpha value is -1.81. The highest BCUT2D eigenvalue weighted by atomic mass is 35.5.